The van der Waals surface area contributed by atoms with Crippen molar-refractivity contribution in [3.63, 3.8) is 0 Å². The fraction of sp³-hybridized carbons (Fsp3) is 0. The van der Waals surface area contributed by atoms with Crippen molar-refractivity contribution in [2.24, 2.45) is 0 Å². The highest BCUT2D eigenvalue weighted by atomic mass is 32.2. The van der Waals surface area contributed by atoms with E-state index in [1.165, 1.54) is 12.1 Å². The molecule has 0 spiro atoms. The number of fused-ring (bicyclic) bond motifs is 1. The first-order valence-corrected chi connectivity index (χ1v) is 8.46. The maximum atomic E-state index is 12.4. The average molecular weight is 352 g/mol. The van der Waals surface area contributed by atoms with E-state index in [0.717, 1.165) is 6.07 Å². The predicted molar refractivity (Wildman–Crippen MR) is 78.4 cm³/mol. The second kappa shape index (κ2) is 5.94. The van der Waals surface area contributed by atoms with Crippen molar-refractivity contribution < 1.29 is 22.6 Å². The highest BCUT2D eigenvalue weighted by Gasteiger charge is 2.37. The van der Waals surface area contributed by atoms with Gasteiger partial charge >= 0.3 is 0 Å². The summed E-state index contributed by atoms with van der Waals surface area (Å²) in [6, 6.07) is 3.40. The van der Waals surface area contributed by atoms with E-state index < -0.39 is 32.1 Å². The number of allylic oxidation sites excluding steroid dienone is 2. The van der Waals surface area contributed by atoms with E-state index in [1.807, 2.05) is 0 Å². The second-order valence-corrected chi connectivity index (χ2v) is 6.84. The lowest BCUT2D eigenvalue weighted by Gasteiger charge is -2.18. The van der Waals surface area contributed by atoms with Crippen LogP contribution in [0.5, 0.6) is 0 Å². The summed E-state index contributed by atoms with van der Waals surface area (Å²) >= 11 is 0.781. The number of ketones is 2. The van der Waals surface area contributed by atoms with Gasteiger partial charge in [-0.2, -0.15) is 18.9 Å². The number of Topliss-reactive ketones (excluding diaryl/α,β-unsaturated/α-hetero) is 2. The van der Waals surface area contributed by atoms with Crippen molar-refractivity contribution in [3.05, 3.63) is 39.1 Å². The lowest BCUT2D eigenvalue weighted by Crippen LogP contribution is -2.22. The van der Waals surface area contributed by atoms with Crippen LogP contribution in [0.25, 0.3) is 0 Å². The van der Waals surface area contributed by atoms with Crippen molar-refractivity contribution in [2.45, 2.75) is 4.90 Å². The zero-order valence-corrected chi connectivity index (χ0v) is 12.9. The minimum atomic E-state index is -4.73. The molecule has 0 aromatic heterocycles. The molecule has 0 atom stereocenters. The third-order valence-electron chi connectivity index (χ3n) is 2.69. The Bertz CT molecular complexity index is 919. The van der Waals surface area contributed by atoms with Gasteiger partial charge in [-0.25, -0.2) is 0 Å². The SMILES string of the molecule is N#CSC1=C(SC#N)C(=O)c2c(cccc2S(=O)(=O)O)C1=O. The van der Waals surface area contributed by atoms with Crippen molar-refractivity contribution in [2.75, 3.05) is 0 Å². The molecule has 0 saturated carbocycles. The van der Waals surface area contributed by atoms with Gasteiger partial charge in [0.25, 0.3) is 10.1 Å². The first-order valence-electron chi connectivity index (χ1n) is 5.39. The van der Waals surface area contributed by atoms with E-state index in [4.69, 9.17) is 10.5 Å². The summed E-state index contributed by atoms with van der Waals surface area (Å²) in [6.45, 7) is 0. The predicted octanol–water partition coefficient (Wildman–Crippen LogP) is 1.95. The third kappa shape index (κ3) is 2.65. The molecule has 1 aliphatic rings. The molecule has 0 heterocycles. The van der Waals surface area contributed by atoms with Crippen molar-refractivity contribution in [3.8, 4) is 10.8 Å². The quantitative estimate of drug-likeness (QED) is 0.639. The number of nitrogens with zero attached hydrogens (tertiary/aromatic N) is 2. The van der Waals surface area contributed by atoms with Gasteiger partial charge in [0.05, 0.1) is 15.4 Å². The van der Waals surface area contributed by atoms with Crippen LogP contribution in [0.3, 0.4) is 0 Å². The van der Waals surface area contributed by atoms with E-state index in [-0.39, 0.29) is 15.4 Å². The van der Waals surface area contributed by atoms with Crippen LogP contribution < -0.4 is 0 Å². The van der Waals surface area contributed by atoms with Gasteiger partial charge in [0.15, 0.2) is 0 Å². The molecule has 22 heavy (non-hydrogen) atoms. The second-order valence-electron chi connectivity index (χ2n) is 3.86. The van der Waals surface area contributed by atoms with Gasteiger partial charge in [0.1, 0.15) is 15.7 Å². The minimum Gasteiger partial charge on any atom is -0.288 e. The molecule has 1 aromatic carbocycles. The summed E-state index contributed by atoms with van der Waals surface area (Å²) in [7, 11) is -4.73. The van der Waals surface area contributed by atoms with Crippen LogP contribution in [0, 0.1) is 21.3 Å². The molecule has 1 N–H and O–H groups in total. The largest absolute Gasteiger partial charge is 0.295 e. The van der Waals surface area contributed by atoms with E-state index in [9.17, 15) is 22.6 Å². The molecule has 0 bridgehead atoms. The van der Waals surface area contributed by atoms with E-state index >= 15 is 0 Å². The molecule has 0 unspecified atom stereocenters. The molecule has 2 rings (SSSR count). The third-order valence-corrected chi connectivity index (χ3v) is 5.09. The molecule has 1 aromatic rings. The summed E-state index contributed by atoms with van der Waals surface area (Å²) in [5.74, 6) is -1.64. The fourth-order valence-electron chi connectivity index (χ4n) is 1.89. The van der Waals surface area contributed by atoms with Gasteiger partial charge in [-0.15, -0.1) is 0 Å². The van der Waals surface area contributed by atoms with Crippen LogP contribution in [0.1, 0.15) is 20.7 Å². The summed E-state index contributed by atoms with van der Waals surface area (Å²) in [4.78, 5) is 23.5. The van der Waals surface area contributed by atoms with Gasteiger partial charge in [0.2, 0.25) is 11.6 Å². The number of thiocyanates is 2. The summed E-state index contributed by atoms with van der Waals surface area (Å²) < 4.78 is 31.9. The van der Waals surface area contributed by atoms with Crippen LogP contribution in [0.4, 0.5) is 0 Å². The Hall–Kier alpha value is -2.11. The number of rotatable bonds is 3. The molecule has 10 heteroatoms. The molecule has 0 fully saturated rings. The fourth-order valence-corrected chi connectivity index (χ4v) is 3.80. The molecule has 0 saturated heterocycles. The molecule has 0 aliphatic heterocycles. The summed E-state index contributed by atoms with van der Waals surface area (Å²) in [5.41, 5.74) is -0.727. The van der Waals surface area contributed by atoms with Crippen LogP contribution in [-0.4, -0.2) is 24.5 Å². The van der Waals surface area contributed by atoms with Gasteiger partial charge < -0.3 is 0 Å². The monoisotopic (exact) mass is 352 g/mol. The lowest BCUT2D eigenvalue weighted by atomic mass is 9.94. The van der Waals surface area contributed by atoms with Gasteiger partial charge in [0, 0.05) is 5.56 Å². The van der Waals surface area contributed by atoms with E-state index in [0.29, 0.717) is 23.5 Å². The summed E-state index contributed by atoms with van der Waals surface area (Å²) in [6.07, 6.45) is 0. The summed E-state index contributed by atoms with van der Waals surface area (Å²) in [5, 5.41) is 20.7. The molecule has 7 nitrogen and oxygen atoms in total. The standard InChI is InChI=1S/C12H4N2O5S3/c13-4-20-11-9(15)6-2-1-3-7(22(17,18)19)8(6)10(16)12(11)21-5-14/h1-3H,(H,17,18,19). The van der Waals surface area contributed by atoms with Crippen molar-refractivity contribution in [1.29, 1.82) is 10.5 Å². The minimum absolute atomic E-state index is 0.236. The lowest BCUT2D eigenvalue weighted by molar-refractivity contribution is 0.0986. The number of hydrogen-bond donors (Lipinski definition) is 1. The Kier molecular flexibility index (Phi) is 4.39. The first-order chi connectivity index (χ1) is 10.3. The zero-order valence-electron chi connectivity index (χ0n) is 10.4. The Morgan fingerprint density at radius 2 is 1.55 bits per heavy atom. The number of carbonyl (C=O) groups excluding carboxylic acids is 2. The smallest absolute Gasteiger partial charge is 0.288 e. The number of hydrogen-bond acceptors (Lipinski definition) is 8. The zero-order chi connectivity index (χ0) is 16.5. The molecule has 1 aliphatic carbocycles. The number of nitriles is 2. The number of benzene rings is 1. The topological polar surface area (TPSA) is 136 Å². The average Bonchev–Trinajstić information content (AvgIpc) is 2.46. The van der Waals surface area contributed by atoms with Gasteiger partial charge in [-0.3, -0.25) is 14.1 Å². The van der Waals surface area contributed by atoms with Gasteiger partial charge in [-0.1, -0.05) is 12.1 Å². The molecular formula is C12H4N2O5S3. The first kappa shape index (κ1) is 16.3. The molecule has 0 radical (unpaired) electrons. The number of carbonyl (C=O) groups is 2. The van der Waals surface area contributed by atoms with E-state index in [2.05, 4.69) is 0 Å². The Morgan fingerprint density at radius 1 is 1.00 bits per heavy atom. The van der Waals surface area contributed by atoms with Crippen molar-refractivity contribution >= 4 is 45.2 Å². The van der Waals surface area contributed by atoms with Crippen LogP contribution >= 0.6 is 23.5 Å². The van der Waals surface area contributed by atoms with Crippen LogP contribution in [0.2, 0.25) is 0 Å². The molecular weight excluding hydrogens is 348 g/mol. The Balaban J connectivity index is 2.83. The van der Waals surface area contributed by atoms with Gasteiger partial charge in [-0.05, 0) is 29.6 Å². The molecule has 0 amide bonds. The van der Waals surface area contributed by atoms with Crippen LogP contribution in [-0.2, 0) is 10.1 Å². The molecule has 110 valence electrons. The normalized spacial score (nSPS) is 14.3. The number of thioether (sulfide) groups is 2. The maximum Gasteiger partial charge on any atom is 0.295 e. The highest BCUT2D eigenvalue weighted by Crippen LogP contribution is 2.39. The Labute approximate surface area is 133 Å². The van der Waals surface area contributed by atoms with Crippen LogP contribution in [0.15, 0.2) is 32.9 Å². The Morgan fingerprint density at radius 3 is 2.05 bits per heavy atom. The van der Waals surface area contributed by atoms with Crippen molar-refractivity contribution in [1.82, 2.24) is 0 Å². The highest BCUT2D eigenvalue weighted by molar-refractivity contribution is 8.12. The maximum absolute atomic E-state index is 12.4. The van der Waals surface area contributed by atoms with E-state index in [1.54, 1.807) is 10.8 Å².